The van der Waals surface area contributed by atoms with Crippen LogP contribution in [0.5, 0.6) is 5.75 Å². The number of aryl methyl sites for hydroxylation is 2. The van der Waals surface area contributed by atoms with Gasteiger partial charge in [-0.2, -0.15) is 9.50 Å². The minimum absolute atomic E-state index is 0.0714. The summed E-state index contributed by atoms with van der Waals surface area (Å²) >= 11 is 0. The lowest BCUT2D eigenvalue weighted by molar-refractivity contribution is 0.0369. The molecule has 4 aromatic rings. The fourth-order valence-electron chi connectivity index (χ4n) is 4.20. The van der Waals surface area contributed by atoms with Gasteiger partial charge in [-0.05, 0) is 43.7 Å². The van der Waals surface area contributed by atoms with Crippen molar-refractivity contribution in [3.8, 4) is 17.0 Å². The quantitative estimate of drug-likeness (QED) is 0.460. The molecule has 1 fully saturated rings. The van der Waals surface area contributed by atoms with Crippen LogP contribution in [0.15, 0.2) is 41.3 Å². The first-order chi connectivity index (χ1) is 15.6. The molecule has 1 aromatic carbocycles. The van der Waals surface area contributed by atoms with Crippen LogP contribution >= 0.6 is 0 Å². The van der Waals surface area contributed by atoms with E-state index >= 15 is 0 Å². The molecule has 1 saturated heterocycles. The molecule has 0 spiro atoms. The molecule has 1 aliphatic heterocycles. The molecule has 4 heterocycles. The van der Waals surface area contributed by atoms with Gasteiger partial charge in [0, 0.05) is 37.9 Å². The number of rotatable bonds is 6. The third-order valence-corrected chi connectivity index (χ3v) is 5.85. The Morgan fingerprint density at radius 2 is 1.84 bits per heavy atom. The van der Waals surface area contributed by atoms with Crippen molar-refractivity contribution in [1.29, 1.82) is 0 Å². The first-order valence-electron chi connectivity index (χ1n) is 10.8. The van der Waals surface area contributed by atoms with Gasteiger partial charge in [-0.1, -0.05) is 0 Å². The summed E-state index contributed by atoms with van der Waals surface area (Å²) < 4.78 is 14.1. The normalized spacial score (nSPS) is 14.9. The summed E-state index contributed by atoms with van der Waals surface area (Å²) in [6, 6.07) is 9.50. The van der Waals surface area contributed by atoms with Crippen molar-refractivity contribution in [3.63, 3.8) is 0 Å². The number of morpholine rings is 1. The van der Waals surface area contributed by atoms with Crippen LogP contribution < -0.4 is 10.3 Å². The molecule has 9 heteroatoms. The smallest absolute Gasteiger partial charge is 0.262 e. The van der Waals surface area contributed by atoms with E-state index in [-0.39, 0.29) is 5.56 Å². The van der Waals surface area contributed by atoms with Gasteiger partial charge in [-0.3, -0.25) is 9.69 Å². The van der Waals surface area contributed by atoms with E-state index in [4.69, 9.17) is 9.47 Å². The van der Waals surface area contributed by atoms with Gasteiger partial charge in [0.2, 0.25) is 0 Å². The molecule has 9 nitrogen and oxygen atoms in total. The highest BCUT2D eigenvalue weighted by atomic mass is 16.5. The molecule has 0 amide bonds. The van der Waals surface area contributed by atoms with Gasteiger partial charge in [0.15, 0.2) is 0 Å². The Morgan fingerprint density at radius 1 is 1.06 bits per heavy atom. The Balaban J connectivity index is 1.58. The highest BCUT2D eigenvalue weighted by molar-refractivity contribution is 5.93. The average molecular weight is 435 g/mol. The monoisotopic (exact) mass is 434 g/mol. The second kappa shape index (κ2) is 8.68. The lowest BCUT2D eigenvalue weighted by atomic mass is 10.1. The van der Waals surface area contributed by atoms with Crippen molar-refractivity contribution in [3.05, 3.63) is 52.7 Å². The number of methoxy groups -OCH3 is 1. The second-order valence-electron chi connectivity index (χ2n) is 7.94. The molecule has 0 atom stereocenters. The van der Waals surface area contributed by atoms with Crippen molar-refractivity contribution >= 4 is 16.7 Å². The lowest BCUT2D eigenvalue weighted by Crippen LogP contribution is -2.37. The van der Waals surface area contributed by atoms with E-state index in [1.165, 1.54) is 0 Å². The molecule has 0 bridgehead atoms. The van der Waals surface area contributed by atoms with E-state index in [0.717, 1.165) is 50.6 Å². The summed E-state index contributed by atoms with van der Waals surface area (Å²) in [6.45, 7) is 6.85. The Kier molecular flexibility index (Phi) is 5.59. The van der Waals surface area contributed by atoms with Crippen LogP contribution in [0.3, 0.4) is 0 Å². The number of hydrogen-bond acceptors (Lipinski definition) is 7. The van der Waals surface area contributed by atoms with Crippen molar-refractivity contribution in [2.24, 2.45) is 0 Å². The first-order valence-corrected chi connectivity index (χ1v) is 10.8. The van der Waals surface area contributed by atoms with Crippen LogP contribution in [-0.2, 0) is 11.3 Å². The third kappa shape index (κ3) is 3.85. The summed E-state index contributed by atoms with van der Waals surface area (Å²) in [5.41, 5.74) is 2.10. The molecule has 32 heavy (non-hydrogen) atoms. The third-order valence-electron chi connectivity index (χ3n) is 5.85. The zero-order valence-electron chi connectivity index (χ0n) is 18.3. The Hall–Kier alpha value is -3.30. The van der Waals surface area contributed by atoms with Gasteiger partial charge < -0.3 is 14.0 Å². The maximum absolute atomic E-state index is 13.6. The molecular weight excluding hydrogens is 408 g/mol. The van der Waals surface area contributed by atoms with E-state index in [1.54, 1.807) is 16.2 Å². The lowest BCUT2D eigenvalue weighted by Gasteiger charge is -2.26. The molecule has 5 rings (SSSR count). The van der Waals surface area contributed by atoms with E-state index in [0.29, 0.717) is 34.7 Å². The van der Waals surface area contributed by atoms with Crippen molar-refractivity contribution in [2.45, 2.75) is 19.9 Å². The molecule has 0 N–H and O–H groups in total. The first kappa shape index (κ1) is 20.6. The van der Waals surface area contributed by atoms with Gasteiger partial charge in [0.05, 0.1) is 36.9 Å². The van der Waals surface area contributed by atoms with Crippen LogP contribution in [0.1, 0.15) is 12.2 Å². The predicted octanol–water partition coefficient (Wildman–Crippen LogP) is 2.15. The van der Waals surface area contributed by atoms with Crippen molar-refractivity contribution in [1.82, 2.24) is 29.0 Å². The number of benzene rings is 1. The Morgan fingerprint density at radius 3 is 2.59 bits per heavy atom. The van der Waals surface area contributed by atoms with E-state index in [9.17, 15) is 4.79 Å². The van der Waals surface area contributed by atoms with Gasteiger partial charge in [0.1, 0.15) is 11.6 Å². The van der Waals surface area contributed by atoms with E-state index in [2.05, 4.69) is 20.0 Å². The van der Waals surface area contributed by atoms with Crippen LogP contribution in [-0.4, -0.2) is 69.0 Å². The Bertz CT molecular complexity index is 1310. The zero-order valence-corrected chi connectivity index (χ0v) is 18.3. The SMILES string of the molecule is COc1ccc(-c2c3c(=O)n(CCCN4CCOCC4)ccc3nc3nc(C)nn23)cc1. The predicted molar refractivity (Wildman–Crippen MR) is 121 cm³/mol. The average Bonchev–Trinajstić information content (AvgIpc) is 3.19. The minimum Gasteiger partial charge on any atom is -0.497 e. The van der Waals surface area contributed by atoms with Gasteiger partial charge in [-0.15, -0.1) is 5.10 Å². The maximum atomic E-state index is 13.6. The topological polar surface area (TPSA) is 86.8 Å². The summed E-state index contributed by atoms with van der Waals surface area (Å²) in [4.78, 5) is 25.0. The minimum atomic E-state index is -0.0714. The van der Waals surface area contributed by atoms with Gasteiger partial charge in [0.25, 0.3) is 11.3 Å². The number of hydrogen-bond donors (Lipinski definition) is 0. The molecule has 0 unspecified atom stereocenters. The summed E-state index contributed by atoms with van der Waals surface area (Å²) in [7, 11) is 1.63. The number of fused-ring (bicyclic) bond motifs is 2. The van der Waals surface area contributed by atoms with Crippen molar-refractivity contribution in [2.75, 3.05) is 40.0 Å². The number of ether oxygens (including phenoxy) is 2. The zero-order chi connectivity index (χ0) is 22.1. The molecule has 166 valence electrons. The molecule has 0 aliphatic carbocycles. The highest BCUT2D eigenvalue weighted by Gasteiger charge is 2.18. The summed E-state index contributed by atoms with van der Waals surface area (Å²) in [6.07, 6.45) is 2.72. The molecule has 0 saturated carbocycles. The number of pyridine rings is 1. The van der Waals surface area contributed by atoms with Crippen LogP contribution in [0.25, 0.3) is 27.9 Å². The van der Waals surface area contributed by atoms with E-state index < -0.39 is 0 Å². The van der Waals surface area contributed by atoms with Crippen LogP contribution in [0.4, 0.5) is 0 Å². The maximum Gasteiger partial charge on any atom is 0.262 e. The molecule has 3 aromatic heterocycles. The van der Waals surface area contributed by atoms with E-state index in [1.807, 2.05) is 43.5 Å². The standard InChI is InChI=1S/C23H26N6O3/c1-16-24-23-25-19-8-11-28(10-3-9-27-12-14-32-15-13-27)22(30)20(19)21(29(23)26-16)17-4-6-18(31-2)7-5-17/h4-8,11H,3,9-10,12-15H2,1-2H3. The summed E-state index contributed by atoms with van der Waals surface area (Å²) in [5, 5.41) is 5.06. The van der Waals surface area contributed by atoms with Crippen molar-refractivity contribution < 1.29 is 9.47 Å². The number of nitrogens with zero attached hydrogens (tertiary/aromatic N) is 6. The van der Waals surface area contributed by atoms with Crippen LogP contribution in [0.2, 0.25) is 0 Å². The summed E-state index contributed by atoms with van der Waals surface area (Å²) in [5.74, 6) is 1.83. The molecule has 0 radical (unpaired) electrons. The highest BCUT2D eigenvalue weighted by Crippen LogP contribution is 2.27. The number of aromatic nitrogens is 5. The molecule has 1 aliphatic rings. The van der Waals surface area contributed by atoms with Gasteiger partial charge >= 0.3 is 0 Å². The fraction of sp³-hybridized carbons (Fsp3) is 0.391. The largest absolute Gasteiger partial charge is 0.497 e. The van der Waals surface area contributed by atoms with Crippen LogP contribution in [0, 0.1) is 6.92 Å². The van der Waals surface area contributed by atoms with Gasteiger partial charge in [-0.25, -0.2) is 4.98 Å². The second-order valence-corrected chi connectivity index (χ2v) is 7.94. The molecular formula is C23H26N6O3. The Labute approximate surface area is 185 Å². The fourth-order valence-corrected chi connectivity index (χ4v) is 4.20.